The number of carbonyl (C=O) groups is 1. The number of nitrogens with one attached hydrogen (secondary N) is 1. The maximum atomic E-state index is 12.9. The van der Waals surface area contributed by atoms with E-state index in [1.165, 1.54) is 31.7 Å². The Hall–Kier alpha value is -2.18. The van der Waals surface area contributed by atoms with Crippen LogP contribution in [0, 0.1) is 53.3 Å². The minimum atomic E-state index is -0.382. The van der Waals surface area contributed by atoms with E-state index in [0.29, 0.717) is 53.2 Å². The summed E-state index contributed by atoms with van der Waals surface area (Å²) < 4.78 is 5.34. The Morgan fingerprint density at radius 3 is 2.60 bits per heavy atom. The molecule has 0 spiro atoms. The summed E-state index contributed by atoms with van der Waals surface area (Å²) in [7, 11) is 0. The molecule has 3 N–H and O–H groups in total. The molecule has 0 bridgehead atoms. The highest BCUT2D eigenvalue weighted by Crippen LogP contribution is 2.68. The number of anilines is 1. The van der Waals surface area contributed by atoms with Crippen LogP contribution in [0.3, 0.4) is 0 Å². The summed E-state index contributed by atoms with van der Waals surface area (Å²) in [6.45, 7) is 9.15. The van der Waals surface area contributed by atoms with E-state index in [-0.39, 0.29) is 34.6 Å². The van der Waals surface area contributed by atoms with Crippen LogP contribution in [0.2, 0.25) is 0 Å². The van der Waals surface area contributed by atoms with E-state index in [1.807, 2.05) is 19.1 Å². The standard InChI is InChI=1S/C34H47NO5/c1-19(5-10-30(38)35-22-6-7-24-20(2)15-31(39)40-29(24)18-22)25-8-9-26-32-27(12-14-34(25,26)4)33(3)13-11-23(36)16-21(33)17-28(32)37/h6-7,15,18-19,21,23,25-28,32,36-37H,5,8-14,16-17H2,1-4H3,(H,35,38)/t19-,21+,23-,25-,26+,27+,28?,32+,33?,34-/m1/s1. The van der Waals surface area contributed by atoms with E-state index in [4.69, 9.17) is 4.42 Å². The van der Waals surface area contributed by atoms with Crippen LogP contribution in [0.1, 0.15) is 90.5 Å². The molecular formula is C34H47NO5. The van der Waals surface area contributed by atoms with E-state index < -0.39 is 0 Å². The minimum Gasteiger partial charge on any atom is -0.423 e. The molecule has 1 aromatic carbocycles. The number of hydrogen-bond acceptors (Lipinski definition) is 5. The van der Waals surface area contributed by atoms with Gasteiger partial charge in [0.1, 0.15) is 5.58 Å². The van der Waals surface area contributed by atoms with Gasteiger partial charge in [-0.3, -0.25) is 4.79 Å². The van der Waals surface area contributed by atoms with Crippen LogP contribution in [-0.4, -0.2) is 28.3 Å². The zero-order valence-corrected chi connectivity index (χ0v) is 24.6. The SMILES string of the molecule is Cc1cc(=O)oc2cc(NC(=O)CC[C@@H](C)[C@H]3CC[C@H]4[C@@H]5C(O)C[C@@H]6C[C@H](O)CCC6(C)[C@H]5CC[C@]34C)ccc12. The zero-order valence-electron chi connectivity index (χ0n) is 24.6. The molecule has 2 aromatic rings. The predicted octanol–water partition coefficient (Wildman–Crippen LogP) is 6.45. The number of benzene rings is 1. The highest BCUT2D eigenvalue weighted by molar-refractivity contribution is 5.93. The number of aryl methyl sites for hydroxylation is 1. The van der Waals surface area contributed by atoms with Crippen molar-refractivity contribution in [1.82, 2.24) is 0 Å². The van der Waals surface area contributed by atoms with Crippen molar-refractivity contribution in [2.75, 3.05) is 5.32 Å². The Labute approximate surface area is 237 Å². The van der Waals surface area contributed by atoms with Gasteiger partial charge in [0.05, 0.1) is 12.2 Å². The second kappa shape index (κ2) is 10.3. The molecule has 0 radical (unpaired) electrons. The van der Waals surface area contributed by atoms with Crippen molar-refractivity contribution < 1.29 is 19.4 Å². The van der Waals surface area contributed by atoms with Gasteiger partial charge in [-0.2, -0.15) is 0 Å². The fourth-order valence-electron chi connectivity index (χ4n) is 10.4. The summed E-state index contributed by atoms with van der Waals surface area (Å²) in [5.74, 6) is 2.90. The van der Waals surface area contributed by atoms with Crippen LogP contribution < -0.4 is 10.9 Å². The van der Waals surface area contributed by atoms with Crippen LogP contribution in [0.4, 0.5) is 5.69 Å². The summed E-state index contributed by atoms with van der Waals surface area (Å²) in [6.07, 6.45) is 9.30. The largest absolute Gasteiger partial charge is 0.423 e. The molecule has 0 aliphatic heterocycles. The molecular weight excluding hydrogens is 502 g/mol. The van der Waals surface area contributed by atoms with Gasteiger partial charge in [-0.05, 0) is 129 Å². The van der Waals surface area contributed by atoms with E-state index >= 15 is 0 Å². The Morgan fingerprint density at radius 2 is 1.80 bits per heavy atom. The van der Waals surface area contributed by atoms with Crippen molar-refractivity contribution in [3.8, 4) is 0 Å². The molecule has 6 heteroatoms. The number of aliphatic hydroxyl groups is 2. The number of rotatable bonds is 5. The first kappa shape index (κ1) is 28.0. The third-order valence-electron chi connectivity index (χ3n) is 12.5. The molecule has 2 unspecified atom stereocenters. The maximum absolute atomic E-state index is 12.9. The smallest absolute Gasteiger partial charge is 0.336 e. The summed E-state index contributed by atoms with van der Waals surface area (Å²) in [6, 6.07) is 6.97. The summed E-state index contributed by atoms with van der Waals surface area (Å²) in [5.41, 5.74) is 2.08. The van der Waals surface area contributed by atoms with Gasteiger partial charge in [0.2, 0.25) is 5.91 Å². The molecule has 4 aliphatic rings. The van der Waals surface area contributed by atoms with Crippen molar-refractivity contribution in [1.29, 1.82) is 0 Å². The number of aliphatic hydroxyl groups excluding tert-OH is 2. The zero-order chi connectivity index (χ0) is 28.4. The molecule has 4 saturated carbocycles. The molecule has 4 fully saturated rings. The van der Waals surface area contributed by atoms with Crippen LogP contribution in [0.25, 0.3) is 11.0 Å². The maximum Gasteiger partial charge on any atom is 0.336 e. The molecule has 40 heavy (non-hydrogen) atoms. The van der Waals surface area contributed by atoms with E-state index in [1.54, 1.807) is 6.07 Å². The van der Waals surface area contributed by atoms with Gasteiger partial charge in [-0.1, -0.05) is 20.8 Å². The number of amides is 1. The third kappa shape index (κ3) is 4.63. The quantitative estimate of drug-likeness (QED) is 0.372. The average Bonchev–Trinajstić information content (AvgIpc) is 3.25. The summed E-state index contributed by atoms with van der Waals surface area (Å²) >= 11 is 0. The first-order chi connectivity index (χ1) is 19.0. The van der Waals surface area contributed by atoms with Gasteiger partial charge in [0.15, 0.2) is 0 Å². The second-order valence-electron chi connectivity index (χ2n) is 14.5. The third-order valence-corrected chi connectivity index (χ3v) is 12.5. The monoisotopic (exact) mass is 549 g/mol. The topological polar surface area (TPSA) is 99.8 Å². The summed E-state index contributed by atoms with van der Waals surface area (Å²) in [4.78, 5) is 24.7. The van der Waals surface area contributed by atoms with E-state index in [2.05, 4.69) is 26.1 Å². The van der Waals surface area contributed by atoms with Crippen molar-refractivity contribution >= 4 is 22.6 Å². The predicted molar refractivity (Wildman–Crippen MR) is 157 cm³/mol. The van der Waals surface area contributed by atoms with Gasteiger partial charge in [-0.25, -0.2) is 4.79 Å². The fraction of sp³-hybridized carbons (Fsp3) is 0.706. The van der Waals surface area contributed by atoms with Crippen molar-refractivity contribution in [3.05, 3.63) is 40.2 Å². The van der Waals surface area contributed by atoms with Gasteiger partial charge in [0, 0.05) is 29.6 Å². The van der Waals surface area contributed by atoms with Crippen molar-refractivity contribution in [2.45, 2.75) is 104 Å². The molecule has 6 nitrogen and oxygen atoms in total. The highest BCUT2D eigenvalue weighted by Gasteiger charge is 2.62. The fourth-order valence-corrected chi connectivity index (χ4v) is 10.4. The van der Waals surface area contributed by atoms with Gasteiger partial charge in [0.25, 0.3) is 0 Å². The van der Waals surface area contributed by atoms with Crippen molar-refractivity contribution in [3.63, 3.8) is 0 Å². The lowest BCUT2D eigenvalue weighted by atomic mass is 9.43. The molecule has 218 valence electrons. The minimum absolute atomic E-state index is 0.00855. The molecule has 1 aromatic heterocycles. The lowest BCUT2D eigenvalue weighted by Crippen LogP contribution is -2.58. The number of fused-ring (bicyclic) bond motifs is 6. The summed E-state index contributed by atoms with van der Waals surface area (Å²) in [5, 5.41) is 25.7. The van der Waals surface area contributed by atoms with Crippen LogP contribution in [-0.2, 0) is 4.79 Å². The molecule has 10 atom stereocenters. The number of carbonyl (C=O) groups excluding carboxylic acids is 1. The Kier molecular flexibility index (Phi) is 7.18. The van der Waals surface area contributed by atoms with Gasteiger partial charge >= 0.3 is 5.63 Å². The molecule has 6 rings (SSSR count). The Bertz CT molecular complexity index is 1340. The average molecular weight is 550 g/mol. The lowest BCUT2D eigenvalue weighted by molar-refractivity contribution is -0.174. The first-order valence-corrected chi connectivity index (χ1v) is 15.7. The Morgan fingerprint density at radius 1 is 1.05 bits per heavy atom. The first-order valence-electron chi connectivity index (χ1n) is 15.7. The van der Waals surface area contributed by atoms with Crippen LogP contribution >= 0.6 is 0 Å². The number of hydrogen-bond donors (Lipinski definition) is 3. The van der Waals surface area contributed by atoms with Crippen molar-refractivity contribution in [2.24, 2.45) is 46.3 Å². The van der Waals surface area contributed by atoms with Crippen LogP contribution in [0.15, 0.2) is 33.5 Å². The van der Waals surface area contributed by atoms with E-state index in [9.17, 15) is 19.8 Å². The Balaban J connectivity index is 1.10. The van der Waals surface area contributed by atoms with Crippen LogP contribution in [0.5, 0.6) is 0 Å². The highest BCUT2D eigenvalue weighted by atomic mass is 16.4. The van der Waals surface area contributed by atoms with E-state index in [0.717, 1.165) is 43.1 Å². The normalized spacial score (nSPS) is 39.7. The van der Waals surface area contributed by atoms with Gasteiger partial charge < -0.3 is 19.9 Å². The van der Waals surface area contributed by atoms with Gasteiger partial charge in [-0.15, -0.1) is 0 Å². The lowest BCUT2D eigenvalue weighted by Gasteiger charge is -2.62. The second-order valence-corrected chi connectivity index (χ2v) is 14.5. The molecule has 1 amide bonds. The molecule has 4 aliphatic carbocycles. The molecule has 1 heterocycles. The molecule has 0 saturated heterocycles.